The molecule has 0 aliphatic carbocycles. The summed E-state index contributed by atoms with van der Waals surface area (Å²) in [6.45, 7) is 2.52. The average Bonchev–Trinajstić information content (AvgIpc) is 2.69. The summed E-state index contributed by atoms with van der Waals surface area (Å²) in [5.74, 6) is 1.45. The van der Waals surface area contributed by atoms with E-state index in [2.05, 4.69) is 4.37 Å². The molecule has 13 heavy (non-hydrogen) atoms. The number of rotatable bonds is 3. The third-order valence-electron chi connectivity index (χ3n) is 2.15. The fraction of sp³-hybridized carbons (Fsp3) is 0.667. The minimum absolute atomic E-state index is 0.564. The van der Waals surface area contributed by atoms with Gasteiger partial charge in [-0.05, 0) is 24.4 Å². The molecular weight excluding hydrogens is 186 g/mol. The first-order valence-electron chi connectivity index (χ1n) is 4.55. The first-order valence-corrected chi connectivity index (χ1v) is 5.39. The van der Waals surface area contributed by atoms with Crippen LogP contribution in [0.3, 0.4) is 0 Å². The van der Waals surface area contributed by atoms with Crippen LogP contribution in [0.4, 0.5) is 0 Å². The molecule has 1 aliphatic heterocycles. The lowest BCUT2D eigenvalue weighted by Gasteiger charge is -2.21. The van der Waals surface area contributed by atoms with Crippen LogP contribution in [-0.4, -0.2) is 24.2 Å². The van der Waals surface area contributed by atoms with E-state index in [1.165, 1.54) is 18.0 Å². The van der Waals surface area contributed by atoms with Gasteiger partial charge in [-0.3, -0.25) is 0 Å². The van der Waals surface area contributed by atoms with Crippen molar-refractivity contribution in [2.24, 2.45) is 5.92 Å². The van der Waals surface area contributed by atoms with Crippen LogP contribution >= 0.6 is 11.5 Å². The number of hydrogen-bond donors (Lipinski definition) is 0. The number of aromatic nitrogens is 1. The molecule has 0 radical (unpaired) electrons. The van der Waals surface area contributed by atoms with Crippen LogP contribution in [0.5, 0.6) is 5.75 Å². The maximum Gasteiger partial charge on any atom is 0.150 e. The summed E-state index contributed by atoms with van der Waals surface area (Å²) in [5, 5.41) is 1.92. The molecule has 4 heteroatoms. The Morgan fingerprint density at radius 3 is 3.38 bits per heavy atom. The molecule has 1 aromatic rings. The summed E-state index contributed by atoms with van der Waals surface area (Å²) in [6, 6.07) is 0. The molecule has 1 atom stereocenters. The van der Waals surface area contributed by atoms with Gasteiger partial charge in [0.15, 0.2) is 0 Å². The summed E-state index contributed by atoms with van der Waals surface area (Å²) in [4.78, 5) is 0. The Morgan fingerprint density at radius 2 is 2.69 bits per heavy atom. The predicted molar refractivity (Wildman–Crippen MR) is 51.2 cm³/mol. The second-order valence-corrected chi connectivity index (χ2v) is 3.91. The maximum absolute atomic E-state index is 5.55. The van der Waals surface area contributed by atoms with Crippen LogP contribution in [0, 0.1) is 5.92 Å². The molecule has 1 saturated heterocycles. The van der Waals surface area contributed by atoms with Crippen molar-refractivity contribution in [3.63, 3.8) is 0 Å². The Morgan fingerprint density at radius 1 is 1.69 bits per heavy atom. The summed E-state index contributed by atoms with van der Waals surface area (Å²) < 4.78 is 14.9. The Labute approximate surface area is 81.8 Å². The van der Waals surface area contributed by atoms with Crippen molar-refractivity contribution in [3.8, 4) is 5.75 Å². The minimum Gasteiger partial charge on any atom is -0.491 e. The van der Waals surface area contributed by atoms with Crippen LogP contribution < -0.4 is 4.74 Å². The minimum atomic E-state index is 0.564. The fourth-order valence-electron chi connectivity index (χ4n) is 1.42. The van der Waals surface area contributed by atoms with Gasteiger partial charge in [0, 0.05) is 12.5 Å². The average molecular weight is 199 g/mol. The highest BCUT2D eigenvalue weighted by Gasteiger charge is 2.14. The molecule has 1 unspecified atom stereocenters. The summed E-state index contributed by atoms with van der Waals surface area (Å²) in [7, 11) is 0. The van der Waals surface area contributed by atoms with Crippen LogP contribution in [0.1, 0.15) is 12.8 Å². The lowest BCUT2D eigenvalue weighted by Crippen LogP contribution is -2.23. The van der Waals surface area contributed by atoms with Gasteiger partial charge in [0.25, 0.3) is 0 Å². The van der Waals surface area contributed by atoms with Crippen molar-refractivity contribution in [2.75, 3.05) is 19.8 Å². The van der Waals surface area contributed by atoms with E-state index in [9.17, 15) is 0 Å². The van der Waals surface area contributed by atoms with Crippen molar-refractivity contribution in [1.82, 2.24) is 4.37 Å². The molecule has 1 fully saturated rings. The van der Waals surface area contributed by atoms with Crippen LogP contribution in [0.2, 0.25) is 0 Å². The van der Waals surface area contributed by atoms with Crippen LogP contribution in [-0.2, 0) is 4.74 Å². The number of hydrogen-bond acceptors (Lipinski definition) is 4. The molecule has 0 aromatic carbocycles. The largest absolute Gasteiger partial charge is 0.491 e. The summed E-state index contributed by atoms with van der Waals surface area (Å²) >= 11 is 1.42. The molecule has 1 aliphatic rings. The third-order valence-corrected chi connectivity index (χ3v) is 2.71. The van der Waals surface area contributed by atoms with E-state index < -0.39 is 0 Å². The van der Waals surface area contributed by atoms with E-state index >= 15 is 0 Å². The Kier molecular flexibility index (Phi) is 3.16. The highest BCUT2D eigenvalue weighted by molar-refractivity contribution is 7.03. The molecule has 2 rings (SSSR count). The molecule has 2 heterocycles. The van der Waals surface area contributed by atoms with Crippen LogP contribution in [0.15, 0.2) is 11.6 Å². The highest BCUT2D eigenvalue weighted by Crippen LogP contribution is 2.17. The lowest BCUT2D eigenvalue weighted by atomic mass is 10.0. The van der Waals surface area contributed by atoms with E-state index in [1.807, 2.05) is 5.38 Å². The fourth-order valence-corrected chi connectivity index (χ4v) is 1.88. The predicted octanol–water partition coefficient (Wildman–Crippen LogP) is 1.95. The van der Waals surface area contributed by atoms with Gasteiger partial charge in [0.1, 0.15) is 5.75 Å². The van der Waals surface area contributed by atoms with Gasteiger partial charge in [-0.25, -0.2) is 0 Å². The van der Waals surface area contributed by atoms with Gasteiger partial charge in [-0.15, -0.1) is 0 Å². The topological polar surface area (TPSA) is 31.4 Å². The first-order chi connectivity index (χ1) is 6.45. The monoisotopic (exact) mass is 199 g/mol. The Hall–Kier alpha value is -0.610. The quantitative estimate of drug-likeness (QED) is 0.745. The van der Waals surface area contributed by atoms with Crippen molar-refractivity contribution < 1.29 is 9.47 Å². The van der Waals surface area contributed by atoms with Gasteiger partial charge >= 0.3 is 0 Å². The van der Waals surface area contributed by atoms with Gasteiger partial charge in [-0.1, -0.05) is 0 Å². The van der Waals surface area contributed by atoms with Crippen molar-refractivity contribution in [2.45, 2.75) is 12.8 Å². The summed E-state index contributed by atoms with van der Waals surface area (Å²) in [5.41, 5.74) is 0. The molecular formula is C9H13NO2S. The summed E-state index contributed by atoms with van der Waals surface area (Å²) in [6.07, 6.45) is 4.14. The van der Waals surface area contributed by atoms with Gasteiger partial charge in [-0.2, -0.15) is 4.37 Å². The molecule has 0 spiro atoms. The van der Waals surface area contributed by atoms with E-state index in [4.69, 9.17) is 9.47 Å². The van der Waals surface area contributed by atoms with Crippen LogP contribution in [0.25, 0.3) is 0 Å². The normalized spacial score (nSPS) is 22.9. The highest BCUT2D eigenvalue weighted by atomic mass is 32.1. The molecule has 0 bridgehead atoms. The second kappa shape index (κ2) is 4.58. The SMILES string of the molecule is c1nscc1OCC1CCCOC1. The molecule has 1 aromatic heterocycles. The molecule has 0 N–H and O–H groups in total. The van der Waals surface area contributed by atoms with E-state index in [0.717, 1.165) is 32.0 Å². The van der Waals surface area contributed by atoms with Gasteiger partial charge in [0.2, 0.25) is 0 Å². The van der Waals surface area contributed by atoms with Gasteiger partial charge in [0.05, 0.1) is 24.8 Å². The number of nitrogens with zero attached hydrogens (tertiary/aromatic N) is 1. The van der Waals surface area contributed by atoms with E-state index in [1.54, 1.807) is 6.20 Å². The van der Waals surface area contributed by atoms with Crippen molar-refractivity contribution in [3.05, 3.63) is 11.6 Å². The molecule has 0 saturated carbocycles. The lowest BCUT2D eigenvalue weighted by molar-refractivity contribution is 0.0352. The molecule has 0 amide bonds. The third kappa shape index (κ3) is 2.67. The molecule has 3 nitrogen and oxygen atoms in total. The first kappa shape index (κ1) is 8.97. The van der Waals surface area contributed by atoms with Crippen molar-refractivity contribution >= 4 is 11.5 Å². The Bertz CT molecular complexity index is 232. The second-order valence-electron chi connectivity index (χ2n) is 3.25. The Balaban J connectivity index is 1.72. The zero-order valence-corrected chi connectivity index (χ0v) is 8.26. The molecule has 72 valence electrons. The van der Waals surface area contributed by atoms with E-state index in [0.29, 0.717) is 5.92 Å². The smallest absolute Gasteiger partial charge is 0.150 e. The maximum atomic E-state index is 5.55. The zero-order chi connectivity index (χ0) is 8.93. The standard InChI is InChI=1S/C9H13NO2S/c1-2-8(5-11-3-1)6-12-9-4-10-13-7-9/h4,7-8H,1-3,5-6H2. The van der Waals surface area contributed by atoms with Crippen molar-refractivity contribution in [1.29, 1.82) is 0 Å². The van der Waals surface area contributed by atoms with E-state index in [-0.39, 0.29) is 0 Å². The zero-order valence-electron chi connectivity index (χ0n) is 7.44. The van der Waals surface area contributed by atoms with Gasteiger partial charge < -0.3 is 9.47 Å². The number of ether oxygens (including phenoxy) is 2.